The highest BCUT2D eigenvalue weighted by Crippen LogP contribution is 2.38. The van der Waals surface area contributed by atoms with Gasteiger partial charge in [-0.15, -0.1) is 0 Å². The molecule has 2 N–H and O–H groups in total. The van der Waals surface area contributed by atoms with E-state index in [-0.39, 0.29) is 0 Å². The normalized spacial score (nSPS) is 34.5. The molecule has 6 heteroatoms. The molecule has 0 saturated carbocycles. The van der Waals surface area contributed by atoms with Gasteiger partial charge < -0.3 is 24.4 Å². The van der Waals surface area contributed by atoms with Gasteiger partial charge in [-0.1, -0.05) is 30.3 Å². The topological polar surface area (TPSA) is 68.2 Å². The number of hydrogen-bond donors (Lipinski definition) is 2. The number of benzene rings is 1. The molecule has 2 aliphatic heterocycles. The van der Waals surface area contributed by atoms with Crippen LogP contribution in [0.4, 0.5) is 0 Å². The number of thioether (sulfide) groups is 1. The van der Waals surface area contributed by atoms with Crippen LogP contribution in [0, 0.1) is 0 Å². The first-order valence-electron chi connectivity index (χ1n) is 7.45. The number of hydrogen-bond acceptors (Lipinski definition) is 6. The van der Waals surface area contributed by atoms with Crippen LogP contribution in [0.25, 0.3) is 0 Å². The van der Waals surface area contributed by atoms with Gasteiger partial charge in [0.2, 0.25) is 0 Å². The van der Waals surface area contributed by atoms with E-state index in [1.54, 1.807) is 25.6 Å². The Balaban J connectivity index is 1.48. The molecule has 0 amide bonds. The van der Waals surface area contributed by atoms with Crippen molar-refractivity contribution < 1.29 is 24.4 Å². The van der Waals surface area contributed by atoms with E-state index >= 15 is 0 Å². The maximum atomic E-state index is 10.3. The third kappa shape index (κ3) is 3.48. The fourth-order valence-electron chi connectivity index (χ4n) is 2.80. The second-order valence-corrected chi connectivity index (χ2v) is 7.16. The Kier molecular flexibility index (Phi) is 4.77. The quantitative estimate of drug-likeness (QED) is 0.855. The van der Waals surface area contributed by atoms with E-state index in [1.807, 2.05) is 18.2 Å². The molecule has 5 atom stereocenters. The Morgan fingerprint density at radius 1 is 1.23 bits per heavy atom. The van der Waals surface area contributed by atoms with E-state index in [0.717, 1.165) is 5.75 Å². The Bertz CT molecular complexity index is 495. The van der Waals surface area contributed by atoms with Gasteiger partial charge in [-0.05, 0) is 19.4 Å². The summed E-state index contributed by atoms with van der Waals surface area (Å²) in [6, 6.07) is 10.1. The van der Waals surface area contributed by atoms with Gasteiger partial charge in [0.1, 0.15) is 18.3 Å². The lowest BCUT2D eigenvalue weighted by atomic mass is 10.1. The molecule has 22 heavy (non-hydrogen) atoms. The lowest BCUT2D eigenvalue weighted by molar-refractivity contribution is -0.224. The molecular formula is C16H22O5S. The van der Waals surface area contributed by atoms with E-state index in [4.69, 9.17) is 14.2 Å². The van der Waals surface area contributed by atoms with E-state index in [0.29, 0.717) is 5.75 Å². The minimum Gasteiger partial charge on any atom is -0.389 e. The summed E-state index contributed by atoms with van der Waals surface area (Å²) in [5.74, 6) is 0.543. The molecule has 2 heterocycles. The molecule has 0 aromatic heterocycles. The SMILES string of the molecule is CC1(C)O[C@H]2O[C@H]([C@H](O)CSCc3ccccc3)[C@H](O)[C@H]2O1. The Hall–Kier alpha value is -0.630. The Morgan fingerprint density at radius 3 is 2.64 bits per heavy atom. The molecule has 1 aromatic rings. The molecule has 0 unspecified atom stereocenters. The fourth-order valence-corrected chi connectivity index (χ4v) is 3.78. The minimum absolute atomic E-state index is 0.486. The van der Waals surface area contributed by atoms with Crippen molar-refractivity contribution in [2.45, 2.75) is 56.1 Å². The summed E-state index contributed by atoms with van der Waals surface area (Å²) < 4.78 is 16.8. The molecule has 1 aromatic carbocycles. The highest BCUT2D eigenvalue weighted by Gasteiger charge is 2.55. The van der Waals surface area contributed by atoms with Gasteiger partial charge in [0.15, 0.2) is 12.1 Å². The third-order valence-corrected chi connectivity index (χ3v) is 4.95. The zero-order chi connectivity index (χ0) is 15.7. The number of ether oxygens (including phenoxy) is 3. The van der Waals surface area contributed by atoms with Gasteiger partial charge in [0.25, 0.3) is 0 Å². The molecular weight excluding hydrogens is 304 g/mol. The van der Waals surface area contributed by atoms with Crippen molar-refractivity contribution in [3.63, 3.8) is 0 Å². The highest BCUT2D eigenvalue weighted by molar-refractivity contribution is 7.98. The molecule has 0 aliphatic carbocycles. The van der Waals surface area contributed by atoms with Crippen LogP contribution < -0.4 is 0 Å². The van der Waals surface area contributed by atoms with Crippen molar-refractivity contribution in [2.24, 2.45) is 0 Å². The summed E-state index contributed by atoms with van der Waals surface area (Å²) in [5, 5.41) is 20.5. The van der Waals surface area contributed by atoms with Crippen LogP contribution in [-0.2, 0) is 20.0 Å². The average Bonchev–Trinajstić information content (AvgIpc) is 2.94. The van der Waals surface area contributed by atoms with Gasteiger partial charge >= 0.3 is 0 Å². The summed E-state index contributed by atoms with van der Waals surface area (Å²) in [6.45, 7) is 3.56. The van der Waals surface area contributed by atoms with Gasteiger partial charge in [0, 0.05) is 11.5 Å². The second kappa shape index (κ2) is 6.47. The number of rotatable bonds is 5. The zero-order valence-corrected chi connectivity index (χ0v) is 13.5. The maximum Gasteiger partial charge on any atom is 0.190 e. The first kappa shape index (κ1) is 16.2. The predicted octanol–water partition coefficient (Wildman–Crippen LogP) is 1.52. The van der Waals surface area contributed by atoms with Gasteiger partial charge in [-0.3, -0.25) is 0 Å². The molecule has 0 radical (unpaired) electrons. The highest BCUT2D eigenvalue weighted by atomic mass is 32.2. The van der Waals surface area contributed by atoms with Crippen LogP contribution in [0.3, 0.4) is 0 Å². The van der Waals surface area contributed by atoms with Crippen LogP contribution in [-0.4, -0.2) is 52.5 Å². The maximum absolute atomic E-state index is 10.3. The number of fused-ring (bicyclic) bond motifs is 1. The standard InChI is InChI=1S/C16H22O5S/c1-16(2)20-14-12(18)13(19-15(14)21-16)11(17)9-22-8-10-6-4-3-5-7-10/h3-7,11-15,17-18H,8-9H2,1-2H3/t11-,12+,13-,14-,15-/m1/s1. The molecule has 2 aliphatic rings. The van der Waals surface area contributed by atoms with E-state index < -0.39 is 36.5 Å². The molecule has 0 bridgehead atoms. The largest absolute Gasteiger partial charge is 0.389 e. The van der Waals surface area contributed by atoms with Gasteiger partial charge in [0.05, 0.1) is 6.10 Å². The van der Waals surface area contributed by atoms with Gasteiger partial charge in [-0.25, -0.2) is 0 Å². The molecule has 3 rings (SSSR count). The van der Waals surface area contributed by atoms with E-state index in [1.165, 1.54) is 5.56 Å². The molecule has 5 nitrogen and oxygen atoms in total. The smallest absolute Gasteiger partial charge is 0.190 e. The molecule has 122 valence electrons. The van der Waals surface area contributed by atoms with Crippen molar-refractivity contribution in [1.82, 2.24) is 0 Å². The van der Waals surface area contributed by atoms with Crippen LogP contribution in [0.2, 0.25) is 0 Å². The Labute approximate surface area is 134 Å². The second-order valence-electron chi connectivity index (χ2n) is 6.13. The van der Waals surface area contributed by atoms with Crippen molar-refractivity contribution in [3.05, 3.63) is 35.9 Å². The average molecular weight is 326 g/mol. The van der Waals surface area contributed by atoms with Gasteiger partial charge in [-0.2, -0.15) is 11.8 Å². The number of aliphatic hydroxyl groups excluding tert-OH is 2. The van der Waals surface area contributed by atoms with Crippen molar-refractivity contribution in [2.75, 3.05) is 5.75 Å². The number of aliphatic hydroxyl groups is 2. The van der Waals surface area contributed by atoms with E-state index in [9.17, 15) is 10.2 Å². The first-order valence-corrected chi connectivity index (χ1v) is 8.61. The first-order chi connectivity index (χ1) is 10.5. The zero-order valence-electron chi connectivity index (χ0n) is 12.7. The summed E-state index contributed by atoms with van der Waals surface area (Å²) in [7, 11) is 0. The van der Waals surface area contributed by atoms with Crippen LogP contribution in [0.5, 0.6) is 0 Å². The summed E-state index contributed by atoms with van der Waals surface area (Å²) in [5.41, 5.74) is 1.21. The third-order valence-electron chi connectivity index (χ3n) is 3.83. The Morgan fingerprint density at radius 2 is 1.95 bits per heavy atom. The fraction of sp³-hybridized carbons (Fsp3) is 0.625. The van der Waals surface area contributed by atoms with Crippen molar-refractivity contribution >= 4 is 11.8 Å². The van der Waals surface area contributed by atoms with E-state index in [2.05, 4.69) is 12.1 Å². The van der Waals surface area contributed by atoms with Crippen LogP contribution in [0.1, 0.15) is 19.4 Å². The monoisotopic (exact) mass is 326 g/mol. The predicted molar refractivity (Wildman–Crippen MR) is 83.3 cm³/mol. The van der Waals surface area contributed by atoms with Crippen LogP contribution in [0.15, 0.2) is 30.3 Å². The summed E-state index contributed by atoms with van der Waals surface area (Å²) in [4.78, 5) is 0. The molecule has 0 spiro atoms. The molecule has 2 saturated heterocycles. The van der Waals surface area contributed by atoms with Crippen molar-refractivity contribution in [1.29, 1.82) is 0 Å². The molecule has 2 fully saturated rings. The van der Waals surface area contributed by atoms with Crippen LogP contribution >= 0.6 is 11.8 Å². The lowest BCUT2D eigenvalue weighted by Crippen LogP contribution is -2.41. The minimum atomic E-state index is -0.876. The van der Waals surface area contributed by atoms with Crippen molar-refractivity contribution in [3.8, 4) is 0 Å². The summed E-state index contributed by atoms with van der Waals surface area (Å²) in [6.07, 6.45) is -3.45. The lowest BCUT2D eigenvalue weighted by Gasteiger charge is -2.25. The summed E-state index contributed by atoms with van der Waals surface area (Å²) >= 11 is 1.61.